The van der Waals surface area contributed by atoms with Gasteiger partial charge in [0.15, 0.2) is 11.5 Å². The number of hydrogen-bond acceptors (Lipinski definition) is 6. The van der Waals surface area contributed by atoms with Gasteiger partial charge in [0.2, 0.25) is 0 Å². The molecule has 0 aliphatic heterocycles. The quantitative estimate of drug-likeness (QED) is 0.0818. The summed E-state index contributed by atoms with van der Waals surface area (Å²) in [6.45, 7) is 0. The van der Waals surface area contributed by atoms with Gasteiger partial charge in [0, 0.05) is 34.4 Å². The molecule has 56 heavy (non-hydrogen) atoms. The van der Waals surface area contributed by atoms with Crippen LogP contribution in [0.2, 0.25) is 0 Å². The van der Waals surface area contributed by atoms with Crippen molar-refractivity contribution < 1.29 is 19.7 Å². The molecule has 0 saturated heterocycles. The van der Waals surface area contributed by atoms with Crippen molar-refractivity contribution in [3.05, 3.63) is 202 Å². The lowest BCUT2D eigenvalue weighted by Gasteiger charge is -2.20. The van der Waals surface area contributed by atoms with Gasteiger partial charge in [-0.3, -0.25) is 0 Å². The van der Waals surface area contributed by atoms with Crippen LogP contribution < -0.4 is 20.9 Å². The van der Waals surface area contributed by atoms with E-state index in [1.165, 1.54) is 24.3 Å². The van der Waals surface area contributed by atoms with Crippen LogP contribution in [0, 0.1) is 47.4 Å². The first kappa shape index (κ1) is 36.0. The van der Waals surface area contributed by atoms with Gasteiger partial charge in [0.25, 0.3) is 0 Å². The van der Waals surface area contributed by atoms with E-state index in [1.54, 1.807) is 12.1 Å². The molecule has 6 N–H and O–H groups in total. The molecule has 6 nitrogen and oxygen atoms in total. The van der Waals surface area contributed by atoms with Crippen LogP contribution in [0.1, 0.15) is 44.5 Å². The van der Waals surface area contributed by atoms with Gasteiger partial charge in [-0.1, -0.05) is 120 Å². The van der Waals surface area contributed by atoms with E-state index in [1.807, 2.05) is 121 Å². The molecule has 0 fully saturated rings. The van der Waals surface area contributed by atoms with E-state index in [2.05, 4.69) is 47.4 Å². The van der Waals surface area contributed by atoms with Crippen LogP contribution in [-0.2, 0) is 0 Å². The third-order valence-corrected chi connectivity index (χ3v) is 8.28. The molecule has 7 aromatic carbocycles. The van der Waals surface area contributed by atoms with Gasteiger partial charge in [0.05, 0.1) is 33.6 Å². The minimum absolute atomic E-state index is 0.133. The number of ether oxygens (including phenoxy) is 2. The third-order valence-electron chi connectivity index (χ3n) is 8.28. The number of phenolic OH excluding ortho intramolecular Hbond substituents is 2. The molecule has 6 heteroatoms. The summed E-state index contributed by atoms with van der Waals surface area (Å²) in [5.41, 5.74) is 16.8. The zero-order valence-corrected chi connectivity index (χ0v) is 29.9. The summed E-state index contributed by atoms with van der Waals surface area (Å²) >= 11 is 0. The summed E-state index contributed by atoms with van der Waals surface area (Å²) in [6, 6.07) is 47.2. The molecule has 0 spiro atoms. The predicted octanol–water partition coefficient (Wildman–Crippen LogP) is 9.45. The predicted molar refractivity (Wildman–Crippen MR) is 221 cm³/mol. The number of nitrogen functional groups attached to an aromatic ring is 2. The molecule has 0 saturated carbocycles. The lowest BCUT2D eigenvalue weighted by molar-refractivity contribution is 0.409. The van der Waals surface area contributed by atoms with Gasteiger partial charge in [-0.05, 0) is 72.8 Å². The Labute approximate surface area is 325 Å². The Balaban J connectivity index is 1.64. The van der Waals surface area contributed by atoms with Crippen molar-refractivity contribution in [3.8, 4) is 81.9 Å². The molecule has 0 unspecified atom stereocenters. The lowest BCUT2D eigenvalue weighted by atomic mass is 9.93. The average molecular weight is 725 g/mol. The maximum atomic E-state index is 10.6. The number of hydrogen-bond donors (Lipinski definition) is 4. The minimum atomic E-state index is -0.177. The summed E-state index contributed by atoms with van der Waals surface area (Å²) in [4.78, 5) is 0. The Morgan fingerprint density at radius 3 is 0.911 bits per heavy atom. The standard InChI is InChI=1S/C50H32N2O4/c51-45-31-25-39(33-47(45)53)55-49-43(29-23-37-17-9-3-10-18-37)41(27-21-35-13-5-1-6-14-35)42(28-22-36-15-7-2-8-16-36)44(30-24-38-19-11-4-12-20-38)50(49)56-40-26-32-46(52)48(54)34-40/h1-20,25-26,31-34,53-54H,51-52H2. The van der Waals surface area contributed by atoms with Crippen LogP contribution in [0.5, 0.6) is 34.5 Å². The minimum Gasteiger partial charge on any atom is -0.506 e. The lowest BCUT2D eigenvalue weighted by Crippen LogP contribution is -2.04. The summed E-state index contributed by atoms with van der Waals surface area (Å²) in [6.07, 6.45) is 0. The number of benzene rings is 7. The van der Waals surface area contributed by atoms with E-state index in [0.717, 1.165) is 22.3 Å². The summed E-state index contributed by atoms with van der Waals surface area (Å²) < 4.78 is 13.4. The van der Waals surface area contributed by atoms with Crippen LogP contribution in [0.4, 0.5) is 11.4 Å². The summed E-state index contributed by atoms with van der Waals surface area (Å²) in [5.74, 6) is 26.9. The number of phenols is 2. The molecule has 7 rings (SSSR count). The van der Waals surface area contributed by atoms with Gasteiger partial charge in [-0.2, -0.15) is 0 Å². The topological polar surface area (TPSA) is 111 Å². The fourth-order valence-corrected chi connectivity index (χ4v) is 5.42. The molecule has 0 radical (unpaired) electrons. The van der Waals surface area contributed by atoms with Crippen molar-refractivity contribution in [3.63, 3.8) is 0 Å². The van der Waals surface area contributed by atoms with E-state index >= 15 is 0 Å². The number of rotatable bonds is 4. The second-order valence-electron chi connectivity index (χ2n) is 12.3. The second kappa shape index (κ2) is 16.9. The van der Waals surface area contributed by atoms with Crippen molar-refractivity contribution in [2.75, 3.05) is 11.5 Å². The van der Waals surface area contributed by atoms with Gasteiger partial charge >= 0.3 is 0 Å². The molecule has 7 aromatic rings. The molecule has 0 atom stereocenters. The number of nitrogens with two attached hydrogens (primary N) is 2. The molecule has 266 valence electrons. The maximum absolute atomic E-state index is 10.6. The first-order valence-corrected chi connectivity index (χ1v) is 17.5. The van der Waals surface area contributed by atoms with Crippen molar-refractivity contribution in [1.82, 2.24) is 0 Å². The molecular weight excluding hydrogens is 693 g/mol. The monoisotopic (exact) mass is 724 g/mol. The fourth-order valence-electron chi connectivity index (χ4n) is 5.42. The zero-order valence-electron chi connectivity index (χ0n) is 29.9. The van der Waals surface area contributed by atoms with Crippen molar-refractivity contribution in [2.24, 2.45) is 0 Å². The molecule has 0 aromatic heterocycles. The Bertz CT molecular complexity index is 2600. The van der Waals surface area contributed by atoms with Gasteiger partial charge < -0.3 is 31.2 Å². The van der Waals surface area contributed by atoms with E-state index in [-0.39, 0.29) is 45.9 Å². The normalized spacial score (nSPS) is 9.86. The van der Waals surface area contributed by atoms with Crippen LogP contribution in [0.15, 0.2) is 158 Å². The van der Waals surface area contributed by atoms with Crippen molar-refractivity contribution in [1.29, 1.82) is 0 Å². The van der Waals surface area contributed by atoms with Gasteiger partial charge in [-0.25, -0.2) is 0 Å². The van der Waals surface area contributed by atoms with Crippen LogP contribution in [0.3, 0.4) is 0 Å². The molecule has 0 heterocycles. The number of aromatic hydroxyl groups is 2. The fraction of sp³-hybridized carbons (Fsp3) is 0. The van der Waals surface area contributed by atoms with Crippen LogP contribution in [0.25, 0.3) is 0 Å². The Morgan fingerprint density at radius 1 is 0.339 bits per heavy atom. The SMILES string of the molecule is Nc1ccc(Oc2c(C#Cc3ccccc3)c(C#Cc3ccccc3)c(C#Cc3ccccc3)c(C#Cc3ccccc3)c2Oc2ccc(N)c(O)c2)cc1O. The number of anilines is 2. The molecule has 0 amide bonds. The smallest absolute Gasteiger partial charge is 0.188 e. The van der Waals surface area contributed by atoms with E-state index in [9.17, 15) is 10.2 Å². The summed E-state index contributed by atoms with van der Waals surface area (Å²) in [5, 5.41) is 21.3. The first-order chi connectivity index (χ1) is 27.4. The van der Waals surface area contributed by atoms with Crippen LogP contribution >= 0.6 is 0 Å². The van der Waals surface area contributed by atoms with Crippen LogP contribution in [-0.4, -0.2) is 10.2 Å². The first-order valence-electron chi connectivity index (χ1n) is 17.5. The van der Waals surface area contributed by atoms with E-state index in [4.69, 9.17) is 20.9 Å². The second-order valence-corrected chi connectivity index (χ2v) is 12.3. The van der Waals surface area contributed by atoms with E-state index in [0.29, 0.717) is 22.3 Å². The Morgan fingerprint density at radius 2 is 0.625 bits per heavy atom. The zero-order chi connectivity index (χ0) is 38.7. The summed E-state index contributed by atoms with van der Waals surface area (Å²) in [7, 11) is 0. The van der Waals surface area contributed by atoms with Gasteiger partial charge in [-0.15, -0.1) is 0 Å². The maximum Gasteiger partial charge on any atom is 0.188 e. The average Bonchev–Trinajstić information content (AvgIpc) is 3.23. The van der Waals surface area contributed by atoms with Crippen molar-refractivity contribution in [2.45, 2.75) is 0 Å². The Kier molecular flexibility index (Phi) is 10.9. The highest BCUT2D eigenvalue weighted by Crippen LogP contribution is 2.45. The largest absolute Gasteiger partial charge is 0.506 e. The third kappa shape index (κ3) is 8.78. The molecule has 0 bridgehead atoms. The Hall–Kier alpha value is -8.42. The highest BCUT2D eigenvalue weighted by Gasteiger charge is 2.26. The molecule has 0 aliphatic rings. The van der Waals surface area contributed by atoms with E-state index < -0.39 is 0 Å². The van der Waals surface area contributed by atoms with Crippen molar-refractivity contribution >= 4 is 11.4 Å². The highest BCUT2D eigenvalue weighted by molar-refractivity contribution is 5.78. The highest BCUT2D eigenvalue weighted by atomic mass is 16.5. The van der Waals surface area contributed by atoms with Gasteiger partial charge in [0.1, 0.15) is 23.0 Å². The molecule has 0 aliphatic carbocycles. The molecular formula is C50H32N2O4.